The van der Waals surface area contributed by atoms with E-state index in [0.717, 1.165) is 81.1 Å². The van der Waals surface area contributed by atoms with Crippen LogP contribution in [0.5, 0.6) is 0 Å². The fourth-order valence-electron chi connectivity index (χ4n) is 12.9. The fraction of sp³-hybridized carbons (Fsp3) is 0.176. The molecule has 0 spiro atoms. The molecule has 0 atom stereocenters. The topological polar surface area (TPSA) is 43.2 Å². The van der Waals surface area contributed by atoms with Gasteiger partial charge in [0.15, 0.2) is 7.28 Å². The minimum atomic E-state index is 0.0442. The molecule has 13 aromatic rings. The molecular formula is C68H55BN2O2S. The number of anilines is 2. The first-order valence-electron chi connectivity index (χ1n) is 26.3. The molecule has 0 saturated heterocycles. The second kappa shape index (κ2) is 15.4. The maximum atomic E-state index is 6.98. The molecule has 0 radical (unpaired) electrons. The summed E-state index contributed by atoms with van der Waals surface area (Å²) in [5.41, 5.74) is 22.4. The van der Waals surface area contributed by atoms with Crippen LogP contribution in [-0.2, 0) is 16.2 Å². The summed E-state index contributed by atoms with van der Waals surface area (Å²) >= 11 is 1.90. The number of furan rings is 2. The molecule has 6 heteroatoms. The highest BCUT2D eigenvalue weighted by molar-refractivity contribution is 7.23. The van der Waals surface area contributed by atoms with E-state index in [1.165, 1.54) is 92.2 Å². The minimum Gasteiger partial charge on any atom is -0.456 e. The van der Waals surface area contributed by atoms with E-state index in [9.17, 15) is 0 Å². The van der Waals surface area contributed by atoms with Crippen LogP contribution in [0.2, 0.25) is 0 Å². The molecule has 1 aliphatic heterocycles. The van der Waals surface area contributed by atoms with Gasteiger partial charge in [0.05, 0.1) is 11.2 Å². The molecule has 9 aromatic carbocycles. The number of benzene rings is 9. The molecule has 15 rings (SSSR count). The van der Waals surface area contributed by atoms with Gasteiger partial charge in [-0.15, -0.1) is 11.3 Å². The zero-order chi connectivity index (χ0) is 50.0. The number of aromatic nitrogens is 1. The van der Waals surface area contributed by atoms with Crippen molar-refractivity contribution in [3.8, 4) is 38.4 Å². The Kier molecular flexibility index (Phi) is 9.09. The molecule has 0 fully saturated rings. The van der Waals surface area contributed by atoms with Gasteiger partial charge in [0.1, 0.15) is 22.3 Å². The van der Waals surface area contributed by atoms with Crippen molar-refractivity contribution in [2.24, 2.45) is 0 Å². The lowest BCUT2D eigenvalue weighted by Gasteiger charge is -2.41. The van der Waals surface area contributed by atoms with Gasteiger partial charge in [0.2, 0.25) is 0 Å². The summed E-state index contributed by atoms with van der Waals surface area (Å²) in [6, 6.07) is 63.3. The highest BCUT2D eigenvalue weighted by Gasteiger charge is 2.38. The van der Waals surface area contributed by atoms with Crippen molar-refractivity contribution in [2.45, 2.75) is 77.6 Å². The van der Waals surface area contributed by atoms with E-state index in [-0.39, 0.29) is 16.2 Å². The molecule has 4 nitrogen and oxygen atoms in total. The smallest absolute Gasteiger partial charge is 0.198 e. The maximum absolute atomic E-state index is 6.98. The summed E-state index contributed by atoms with van der Waals surface area (Å²) in [5.74, 6) is 0. The van der Waals surface area contributed by atoms with Crippen molar-refractivity contribution in [3.63, 3.8) is 0 Å². The van der Waals surface area contributed by atoms with E-state index in [1.807, 2.05) is 11.3 Å². The second-order valence-electron chi connectivity index (χ2n) is 23.6. The SMILES string of the molecule is CC(C)(C)c1ccc(Nc2cc3oc4cc5c(cc4c3cc2-c2ccc3c4cc6c(cc4n4c3c2Bc2cc3sc(-c7ccccc7)c(-c7ccccc7)c3cc2-4)oc2ccccc26)C(C)(C)CCC5(C)C)cc1. The lowest BCUT2D eigenvalue weighted by atomic mass is 9.59. The zero-order valence-electron chi connectivity index (χ0n) is 43.0. The van der Waals surface area contributed by atoms with Gasteiger partial charge in [-0.3, -0.25) is 0 Å². The van der Waals surface area contributed by atoms with Crippen molar-refractivity contribution < 1.29 is 8.83 Å². The molecule has 4 aromatic heterocycles. The number of para-hydroxylation sites is 1. The molecule has 2 aliphatic rings. The van der Waals surface area contributed by atoms with Crippen LogP contribution in [0.25, 0.3) is 114 Å². The predicted octanol–water partition coefficient (Wildman–Crippen LogP) is 17.9. The Morgan fingerprint density at radius 3 is 1.95 bits per heavy atom. The van der Waals surface area contributed by atoms with E-state index in [2.05, 4.69) is 228 Å². The van der Waals surface area contributed by atoms with Gasteiger partial charge < -0.3 is 18.7 Å². The lowest BCUT2D eigenvalue weighted by molar-refractivity contribution is 0.332. The molecule has 0 saturated carbocycles. The van der Waals surface area contributed by atoms with Crippen LogP contribution >= 0.6 is 11.3 Å². The Labute approximate surface area is 435 Å². The quantitative estimate of drug-likeness (QED) is 0.175. The molecule has 0 amide bonds. The standard InChI is InChI=1S/C68H55BN2O2S/c1-66(2,3)40-22-24-41(25-23-40)70-54-36-59-48(49-32-51-52(34-58(49)73-59)68(6,7)29-28-67(51,4)5)30-45(54)43-26-27-44-46-31-47-42-20-14-15-21-57(42)72-60(47)37-55(46)71-56-33-50-61(35-53(56)69-63(43)64(44)71)74-65(39-18-12-9-13-19-39)62(50)38-16-10-8-11-17-38/h8-27,30-37,69-70H,28-29H2,1-7H3. The van der Waals surface area contributed by atoms with Gasteiger partial charge in [-0.1, -0.05) is 157 Å². The van der Waals surface area contributed by atoms with Gasteiger partial charge in [-0.05, 0) is 123 Å². The first-order chi connectivity index (χ1) is 35.8. The van der Waals surface area contributed by atoms with Gasteiger partial charge in [-0.25, -0.2) is 0 Å². The summed E-state index contributed by atoms with van der Waals surface area (Å²) in [7, 11) is 0.771. The van der Waals surface area contributed by atoms with Crippen LogP contribution in [0.15, 0.2) is 179 Å². The fourth-order valence-corrected chi connectivity index (χ4v) is 14.2. The Balaban J connectivity index is 1.02. The number of hydrogen-bond acceptors (Lipinski definition) is 4. The van der Waals surface area contributed by atoms with Gasteiger partial charge in [0.25, 0.3) is 0 Å². The molecule has 0 unspecified atom stereocenters. The lowest BCUT2D eigenvalue weighted by Crippen LogP contribution is -2.37. The third-order valence-electron chi connectivity index (χ3n) is 17.0. The Morgan fingerprint density at radius 1 is 0.541 bits per heavy atom. The highest BCUT2D eigenvalue weighted by atomic mass is 32.1. The van der Waals surface area contributed by atoms with Crippen LogP contribution in [0.3, 0.4) is 0 Å². The van der Waals surface area contributed by atoms with Crippen LogP contribution in [0.4, 0.5) is 11.4 Å². The molecule has 1 aliphatic carbocycles. The molecule has 5 heterocycles. The number of nitrogens with zero attached hydrogens (tertiary/aromatic N) is 1. The Morgan fingerprint density at radius 2 is 1.19 bits per heavy atom. The number of thiophene rings is 1. The largest absolute Gasteiger partial charge is 0.456 e. The number of hydrogen-bond donors (Lipinski definition) is 1. The Bertz CT molecular complexity index is 4500. The second-order valence-corrected chi connectivity index (χ2v) is 24.6. The van der Waals surface area contributed by atoms with E-state index in [4.69, 9.17) is 8.83 Å². The average Bonchev–Trinajstić information content (AvgIpc) is 4.15. The molecular weight excluding hydrogens is 920 g/mol. The first-order valence-corrected chi connectivity index (χ1v) is 27.1. The van der Waals surface area contributed by atoms with Crippen LogP contribution in [-0.4, -0.2) is 11.8 Å². The number of nitrogens with one attached hydrogen (secondary N) is 1. The monoisotopic (exact) mass is 974 g/mol. The summed E-state index contributed by atoms with van der Waals surface area (Å²) in [6.45, 7) is 16.4. The Hall–Kier alpha value is -7.80. The van der Waals surface area contributed by atoms with Crippen LogP contribution in [0.1, 0.15) is 78.0 Å². The first kappa shape index (κ1) is 43.8. The molecule has 0 bridgehead atoms. The van der Waals surface area contributed by atoms with Gasteiger partial charge >= 0.3 is 0 Å². The zero-order valence-corrected chi connectivity index (χ0v) is 43.8. The van der Waals surface area contributed by atoms with Crippen LogP contribution in [0, 0.1) is 0 Å². The normalized spacial score (nSPS) is 14.9. The van der Waals surface area contributed by atoms with Crippen molar-refractivity contribution >= 4 is 117 Å². The minimum absolute atomic E-state index is 0.0442. The van der Waals surface area contributed by atoms with Crippen molar-refractivity contribution in [1.82, 2.24) is 4.57 Å². The van der Waals surface area contributed by atoms with Crippen molar-refractivity contribution in [2.75, 3.05) is 5.32 Å². The van der Waals surface area contributed by atoms with E-state index >= 15 is 0 Å². The number of rotatable bonds is 5. The average molecular weight is 975 g/mol. The van der Waals surface area contributed by atoms with E-state index in [1.54, 1.807) is 0 Å². The molecule has 74 heavy (non-hydrogen) atoms. The summed E-state index contributed by atoms with van der Waals surface area (Å²) in [5, 5.41) is 12.3. The molecule has 358 valence electrons. The third-order valence-corrected chi connectivity index (χ3v) is 18.2. The van der Waals surface area contributed by atoms with Gasteiger partial charge in [0, 0.05) is 87.4 Å². The predicted molar refractivity (Wildman–Crippen MR) is 317 cm³/mol. The number of fused-ring (bicyclic) bond motifs is 13. The highest BCUT2D eigenvalue weighted by Crippen LogP contribution is 2.51. The van der Waals surface area contributed by atoms with Gasteiger partial charge in [-0.2, -0.15) is 0 Å². The summed E-state index contributed by atoms with van der Waals surface area (Å²) in [4.78, 5) is 1.29. The third kappa shape index (κ3) is 6.46. The molecule has 1 N–H and O–H groups in total. The maximum Gasteiger partial charge on any atom is 0.198 e. The van der Waals surface area contributed by atoms with E-state index in [0.29, 0.717) is 0 Å². The van der Waals surface area contributed by atoms with Crippen molar-refractivity contribution in [1.29, 1.82) is 0 Å². The van der Waals surface area contributed by atoms with Crippen molar-refractivity contribution in [3.05, 3.63) is 187 Å². The van der Waals surface area contributed by atoms with Crippen LogP contribution < -0.4 is 16.2 Å². The van der Waals surface area contributed by atoms with E-state index < -0.39 is 0 Å². The summed E-state index contributed by atoms with van der Waals surface area (Å²) < 4.78 is 17.5. The summed E-state index contributed by atoms with van der Waals surface area (Å²) in [6.07, 6.45) is 2.31.